The number of hydrogen-bond donors (Lipinski definition) is 0. The molecule has 0 fully saturated rings. The summed E-state index contributed by atoms with van der Waals surface area (Å²) in [6, 6.07) is 2.42. The van der Waals surface area contributed by atoms with E-state index in [1.54, 1.807) is 19.9 Å². The van der Waals surface area contributed by atoms with Gasteiger partial charge in [-0.2, -0.15) is 8.78 Å². The molecule has 20 heavy (non-hydrogen) atoms. The topological polar surface area (TPSA) is 0 Å². The Morgan fingerprint density at radius 2 is 1.85 bits per heavy atom. The van der Waals surface area contributed by atoms with E-state index in [4.69, 9.17) is 0 Å². The number of allylic oxidation sites excluding steroid dienone is 3. The normalized spacial score (nSPS) is 14.5. The molecule has 0 spiro atoms. The van der Waals surface area contributed by atoms with Crippen LogP contribution in [0.25, 0.3) is 0 Å². The van der Waals surface area contributed by atoms with Crippen LogP contribution in [0.4, 0.5) is 22.0 Å². The van der Waals surface area contributed by atoms with Gasteiger partial charge in [-0.05, 0) is 30.7 Å². The molecule has 1 aromatic carbocycles. The first kappa shape index (κ1) is 16.4. The molecule has 1 aromatic rings. The average Bonchev–Trinajstić information content (AvgIpc) is 2.37. The maximum atomic E-state index is 13.4. The highest BCUT2D eigenvalue weighted by Crippen LogP contribution is 2.37. The minimum atomic E-state index is -4.37. The van der Waals surface area contributed by atoms with Crippen molar-refractivity contribution >= 4 is 0 Å². The molecule has 0 bridgehead atoms. The van der Waals surface area contributed by atoms with Crippen molar-refractivity contribution in [1.82, 2.24) is 0 Å². The van der Waals surface area contributed by atoms with Gasteiger partial charge < -0.3 is 0 Å². The van der Waals surface area contributed by atoms with Crippen LogP contribution in [-0.4, -0.2) is 6.43 Å². The maximum Gasteiger partial charge on any atom is 0.332 e. The molecule has 0 N–H and O–H groups in total. The van der Waals surface area contributed by atoms with Crippen LogP contribution in [0.15, 0.2) is 42.5 Å². The monoisotopic (exact) mass is 290 g/mol. The standard InChI is InChI=1S/C15H15F5/c1-4-5-9(2)10(3)11-6-12(8-13(16)7-11)15(19,20)14(17)18/h4-8,10,14H,1H2,2-3H3/b9-5+/t10-/m1/s1. The average molecular weight is 290 g/mol. The zero-order valence-corrected chi connectivity index (χ0v) is 11.1. The molecule has 0 unspecified atom stereocenters. The molecule has 0 aliphatic carbocycles. The second kappa shape index (κ2) is 6.20. The van der Waals surface area contributed by atoms with E-state index in [2.05, 4.69) is 6.58 Å². The Balaban J connectivity index is 3.29. The summed E-state index contributed by atoms with van der Waals surface area (Å²) >= 11 is 0. The molecule has 5 heteroatoms. The first-order chi connectivity index (χ1) is 9.20. The second-order valence-electron chi connectivity index (χ2n) is 4.56. The smallest absolute Gasteiger partial charge is 0.207 e. The van der Waals surface area contributed by atoms with E-state index < -0.39 is 23.7 Å². The van der Waals surface area contributed by atoms with Crippen molar-refractivity contribution in [3.8, 4) is 0 Å². The second-order valence-corrected chi connectivity index (χ2v) is 4.56. The van der Waals surface area contributed by atoms with Gasteiger partial charge in [0.1, 0.15) is 5.82 Å². The molecule has 0 nitrogen and oxygen atoms in total. The van der Waals surface area contributed by atoms with Crippen LogP contribution in [-0.2, 0) is 5.92 Å². The Morgan fingerprint density at radius 3 is 2.35 bits per heavy atom. The summed E-state index contributed by atoms with van der Waals surface area (Å²) in [6.07, 6.45) is -0.711. The summed E-state index contributed by atoms with van der Waals surface area (Å²) in [5, 5.41) is 0. The molecule has 0 aliphatic rings. The van der Waals surface area contributed by atoms with Gasteiger partial charge in [-0.15, -0.1) is 0 Å². The quantitative estimate of drug-likeness (QED) is 0.502. The summed E-state index contributed by atoms with van der Waals surface area (Å²) in [5.41, 5.74) is -0.0337. The summed E-state index contributed by atoms with van der Waals surface area (Å²) < 4.78 is 64.7. The lowest BCUT2D eigenvalue weighted by Gasteiger charge is -2.19. The molecule has 0 aromatic heterocycles. The van der Waals surface area contributed by atoms with E-state index in [1.807, 2.05) is 0 Å². The molecule has 0 saturated heterocycles. The fourth-order valence-corrected chi connectivity index (χ4v) is 1.77. The molecular formula is C15H15F5. The summed E-state index contributed by atoms with van der Waals surface area (Å²) in [4.78, 5) is 0. The third-order valence-corrected chi connectivity index (χ3v) is 3.14. The first-order valence-corrected chi connectivity index (χ1v) is 5.96. The largest absolute Gasteiger partial charge is 0.332 e. The Labute approximate surface area is 114 Å². The highest BCUT2D eigenvalue weighted by molar-refractivity contribution is 5.35. The van der Waals surface area contributed by atoms with Crippen molar-refractivity contribution in [1.29, 1.82) is 0 Å². The number of alkyl halides is 4. The summed E-state index contributed by atoms with van der Waals surface area (Å²) in [6.45, 7) is 6.90. The fourth-order valence-electron chi connectivity index (χ4n) is 1.77. The van der Waals surface area contributed by atoms with Crippen LogP contribution >= 0.6 is 0 Å². The van der Waals surface area contributed by atoms with Crippen LogP contribution in [0.1, 0.15) is 30.9 Å². The molecule has 0 saturated carbocycles. The molecule has 0 aliphatic heterocycles. The molecule has 1 atom stereocenters. The van der Waals surface area contributed by atoms with Crippen molar-refractivity contribution in [2.45, 2.75) is 32.1 Å². The number of benzene rings is 1. The van der Waals surface area contributed by atoms with Gasteiger partial charge in [0.15, 0.2) is 0 Å². The Kier molecular flexibility index (Phi) is 5.09. The third-order valence-electron chi connectivity index (χ3n) is 3.14. The summed E-state index contributed by atoms with van der Waals surface area (Å²) in [5.74, 6) is -5.71. The van der Waals surface area contributed by atoms with Gasteiger partial charge in [-0.25, -0.2) is 13.2 Å². The lowest BCUT2D eigenvalue weighted by Crippen LogP contribution is -2.24. The molecule has 110 valence electrons. The van der Waals surface area contributed by atoms with E-state index in [-0.39, 0.29) is 11.5 Å². The van der Waals surface area contributed by atoms with Gasteiger partial charge in [0.2, 0.25) is 0 Å². The first-order valence-electron chi connectivity index (χ1n) is 5.96. The van der Waals surface area contributed by atoms with Crippen molar-refractivity contribution in [2.75, 3.05) is 0 Å². The highest BCUT2D eigenvalue weighted by atomic mass is 19.3. The van der Waals surface area contributed by atoms with Gasteiger partial charge >= 0.3 is 12.3 Å². The predicted molar refractivity (Wildman–Crippen MR) is 68.7 cm³/mol. The van der Waals surface area contributed by atoms with Crippen molar-refractivity contribution in [2.24, 2.45) is 0 Å². The van der Waals surface area contributed by atoms with Crippen LogP contribution in [0.5, 0.6) is 0 Å². The molecule has 1 rings (SSSR count). The van der Waals surface area contributed by atoms with E-state index in [0.29, 0.717) is 6.07 Å². The van der Waals surface area contributed by atoms with E-state index in [1.165, 1.54) is 6.08 Å². The van der Waals surface area contributed by atoms with Gasteiger partial charge in [0.25, 0.3) is 0 Å². The SMILES string of the molecule is C=C/C=C(\C)[C@@H](C)c1cc(F)cc(C(F)(F)C(F)F)c1. The van der Waals surface area contributed by atoms with Gasteiger partial charge in [0, 0.05) is 11.5 Å². The summed E-state index contributed by atoms with van der Waals surface area (Å²) in [7, 11) is 0. The highest BCUT2D eigenvalue weighted by Gasteiger charge is 2.43. The van der Waals surface area contributed by atoms with Crippen LogP contribution in [0.2, 0.25) is 0 Å². The molecular weight excluding hydrogens is 275 g/mol. The predicted octanol–water partition coefficient (Wildman–Crippen LogP) is 5.42. The van der Waals surface area contributed by atoms with E-state index in [0.717, 1.165) is 17.7 Å². The number of hydrogen-bond acceptors (Lipinski definition) is 0. The van der Waals surface area contributed by atoms with Gasteiger partial charge in [-0.1, -0.05) is 31.2 Å². The van der Waals surface area contributed by atoms with E-state index >= 15 is 0 Å². The Bertz CT molecular complexity index is 517. The minimum Gasteiger partial charge on any atom is -0.207 e. The number of rotatable bonds is 5. The van der Waals surface area contributed by atoms with Gasteiger partial charge in [0.05, 0.1) is 0 Å². The van der Waals surface area contributed by atoms with Crippen molar-refractivity contribution < 1.29 is 22.0 Å². The number of halogens is 5. The van der Waals surface area contributed by atoms with E-state index in [9.17, 15) is 22.0 Å². The van der Waals surface area contributed by atoms with Crippen LogP contribution in [0, 0.1) is 5.82 Å². The lowest BCUT2D eigenvalue weighted by molar-refractivity contribution is -0.135. The van der Waals surface area contributed by atoms with Crippen LogP contribution < -0.4 is 0 Å². The van der Waals surface area contributed by atoms with Crippen LogP contribution in [0.3, 0.4) is 0 Å². The Morgan fingerprint density at radius 1 is 1.25 bits per heavy atom. The maximum absolute atomic E-state index is 13.4. The zero-order chi connectivity index (χ0) is 15.5. The van der Waals surface area contributed by atoms with Gasteiger partial charge in [-0.3, -0.25) is 0 Å². The third kappa shape index (κ3) is 3.46. The Hall–Kier alpha value is -1.65. The zero-order valence-electron chi connectivity index (χ0n) is 11.1. The van der Waals surface area contributed by atoms with Crippen molar-refractivity contribution in [3.05, 3.63) is 59.4 Å². The lowest BCUT2D eigenvalue weighted by atomic mass is 9.91. The minimum absolute atomic E-state index is 0.218. The molecule has 0 radical (unpaired) electrons. The fraction of sp³-hybridized carbons (Fsp3) is 0.333. The molecule has 0 heterocycles. The molecule has 0 amide bonds. The van der Waals surface area contributed by atoms with Crippen molar-refractivity contribution in [3.63, 3.8) is 0 Å².